The molecular weight excluding hydrogens is 204 g/mol. The van der Waals surface area contributed by atoms with Gasteiger partial charge < -0.3 is 14.3 Å². The average molecular weight is 222 g/mol. The lowest BCUT2D eigenvalue weighted by Crippen LogP contribution is -2.04. The highest BCUT2D eigenvalue weighted by atomic mass is 16.5. The zero-order valence-corrected chi connectivity index (χ0v) is 10.0. The van der Waals surface area contributed by atoms with E-state index >= 15 is 0 Å². The van der Waals surface area contributed by atoms with Crippen molar-refractivity contribution >= 4 is 5.78 Å². The molecule has 1 rings (SSSR count). The van der Waals surface area contributed by atoms with Gasteiger partial charge in [-0.05, 0) is 31.0 Å². The number of rotatable bonds is 6. The number of hydrogen-bond donors (Lipinski definition) is 0. The van der Waals surface area contributed by atoms with Gasteiger partial charge in [0, 0.05) is 13.5 Å². The fraction of sp³-hybridized carbons (Fsp3) is 0.462. The Bertz CT molecular complexity index is 330. The molecule has 0 saturated carbocycles. The lowest BCUT2D eigenvalue weighted by atomic mass is 10.0. The van der Waals surface area contributed by atoms with Crippen molar-refractivity contribution in [2.75, 3.05) is 14.2 Å². The van der Waals surface area contributed by atoms with Crippen LogP contribution in [0.3, 0.4) is 0 Å². The topological polar surface area (TPSA) is 35.5 Å². The first kappa shape index (κ1) is 12.7. The molecule has 16 heavy (non-hydrogen) atoms. The van der Waals surface area contributed by atoms with Gasteiger partial charge in [-0.3, -0.25) is 0 Å². The minimum atomic E-state index is -0.0187. The summed E-state index contributed by atoms with van der Waals surface area (Å²) in [7, 11) is 3.30. The second kappa shape index (κ2) is 6.28. The highest BCUT2D eigenvalue weighted by Gasteiger charge is 2.11. The van der Waals surface area contributed by atoms with Gasteiger partial charge in [-0.1, -0.05) is 12.1 Å². The van der Waals surface area contributed by atoms with Crippen molar-refractivity contribution in [1.82, 2.24) is 0 Å². The zero-order valence-electron chi connectivity index (χ0n) is 10.0. The number of carbonyl (C=O) groups is 1. The summed E-state index contributed by atoms with van der Waals surface area (Å²) in [5.41, 5.74) is 1.07. The highest BCUT2D eigenvalue weighted by molar-refractivity contribution is 5.75. The maximum Gasteiger partial charge on any atom is 0.129 e. The normalized spacial score (nSPS) is 12.2. The summed E-state index contributed by atoms with van der Waals surface area (Å²) in [4.78, 5) is 10.9. The molecule has 0 amide bonds. The molecule has 0 spiro atoms. The van der Waals surface area contributed by atoms with E-state index < -0.39 is 0 Å². The molecule has 88 valence electrons. The molecule has 1 aromatic rings. The Morgan fingerprint density at radius 1 is 1.25 bits per heavy atom. The van der Waals surface area contributed by atoms with Crippen molar-refractivity contribution in [1.29, 1.82) is 0 Å². The molecule has 0 heterocycles. The highest BCUT2D eigenvalue weighted by Crippen LogP contribution is 2.24. The number of methoxy groups -OCH3 is 2. The Kier molecular flexibility index (Phi) is 4.99. The molecule has 1 atom stereocenters. The maximum absolute atomic E-state index is 10.9. The van der Waals surface area contributed by atoms with E-state index in [0.29, 0.717) is 6.42 Å². The molecule has 1 aromatic carbocycles. The van der Waals surface area contributed by atoms with Crippen LogP contribution in [0, 0.1) is 0 Å². The summed E-state index contributed by atoms with van der Waals surface area (Å²) in [6.07, 6.45) is 1.25. The average Bonchev–Trinajstić information content (AvgIpc) is 2.30. The molecule has 0 fully saturated rings. The zero-order chi connectivity index (χ0) is 12.0. The smallest absolute Gasteiger partial charge is 0.129 e. The van der Waals surface area contributed by atoms with Gasteiger partial charge >= 0.3 is 0 Å². The van der Waals surface area contributed by atoms with E-state index in [4.69, 9.17) is 9.47 Å². The minimum absolute atomic E-state index is 0.0187. The fourth-order valence-corrected chi connectivity index (χ4v) is 1.57. The van der Waals surface area contributed by atoms with Gasteiger partial charge in [0.15, 0.2) is 0 Å². The van der Waals surface area contributed by atoms with Crippen LogP contribution in [0.15, 0.2) is 24.3 Å². The monoisotopic (exact) mass is 222 g/mol. The lowest BCUT2D eigenvalue weighted by molar-refractivity contribution is -0.117. The summed E-state index contributed by atoms with van der Waals surface area (Å²) in [6.45, 7) is 1.60. The summed E-state index contributed by atoms with van der Waals surface area (Å²) < 4.78 is 10.5. The van der Waals surface area contributed by atoms with Crippen molar-refractivity contribution in [3.05, 3.63) is 29.8 Å². The molecule has 0 bridgehead atoms. The number of carbonyl (C=O) groups excluding carboxylic acids is 1. The molecule has 0 radical (unpaired) electrons. The van der Waals surface area contributed by atoms with Crippen LogP contribution in [0.4, 0.5) is 0 Å². The van der Waals surface area contributed by atoms with E-state index in [1.807, 2.05) is 24.3 Å². The number of Topliss-reactive ketones (excluding diaryl/α,β-unsaturated/α-hetero) is 1. The van der Waals surface area contributed by atoms with Crippen LogP contribution in [0.1, 0.15) is 31.4 Å². The standard InChI is InChI=1S/C13H18O3/c1-10(14)4-9-13(16-3)11-5-7-12(15-2)8-6-11/h5-8,13H,4,9H2,1-3H3. The summed E-state index contributed by atoms with van der Waals surface area (Å²) in [5, 5.41) is 0. The Hall–Kier alpha value is -1.35. The van der Waals surface area contributed by atoms with E-state index in [9.17, 15) is 4.79 Å². The molecule has 1 unspecified atom stereocenters. The Morgan fingerprint density at radius 3 is 2.31 bits per heavy atom. The Labute approximate surface area is 96.4 Å². The number of benzene rings is 1. The van der Waals surface area contributed by atoms with Gasteiger partial charge in [-0.2, -0.15) is 0 Å². The predicted molar refractivity (Wildman–Crippen MR) is 62.7 cm³/mol. The van der Waals surface area contributed by atoms with Gasteiger partial charge in [-0.15, -0.1) is 0 Å². The van der Waals surface area contributed by atoms with Crippen LogP contribution in [0.5, 0.6) is 5.75 Å². The molecule has 0 aliphatic heterocycles. The summed E-state index contributed by atoms with van der Waals surface area (Å²) in [5.74, 6) is 1.01. The quantitative estimate of drug-likeness (QED) is 0.742. The first-order valence-corrected chi connectivity index (χ1v) is 5.33. The summed E-state index contributed by atoms with van der Waals surface area (Å²) in [6, 6.07) is 7.73. The molecule has 3 nitrogen and oxygen atoms in total. The van der Waals surface area contributed by atoms with Crippen molar-refractivity contribution in [2.24, 2.45) is 0 Å². The van der Waals surface area contributed by atoms with Gasteiger partial charge in [0.2, 0.25) is 0 Å². The van der Waals surface area contributed by atoms with Crippen molar-refractivity contribution < 1.29 is 14.3 Å². The van der Waals surface area contributed by atoms with Gasteiger partial charge in [-0.25, -0.2) is 0 Å². The van der Waals surface area contributed by atoms with E-state index in [1.165, 1.54) is 0 Å². The largest absolute Gasteiger partial charge is 0.497 e. The molecule has 3 heteroatoms. The van der Waals surface area contributed by atoms with Gasteiger partial charge in [0.25, 0.3) is 0 Å². The third kappa shape index (κ3) is 3.66. The van der Waals surface area contributed by atoms with Crippen LogP contribution in [-0.4, -0.2) is 20.0 Å². The molecular formula is C13H18O3. The Balaban J connectivity index is 2.66. The lowest BCUT2D eigenvalue weighted by Gasteiger charge is -2.15. The third-order valence-corrected chi connectivity index (χ3v) is 2.53. The van der Waals surface area contributed by atoms with Gasteiger partial charge in [0.05, 0.1) is 13.2 Å². The molecule has 0 aliphatic rings. The van der Waals surface area contributed by atoms with Crippen LogP contribution < -0.4 is 4.74 Å². The van der Waals surface area contributed by atoms with Crippen LogP contribution >= 0.6 is 0 Å². The van der Waals surface area contributed by atoms with Crippen molar-refractivity contribution in [2.45, 2.75) is 25.9 Å². The maximum atomic E-state index is 10.9. The SMILES string of the molecule is COc1ccc(C(CCC(C)=O)OC)cc1. The third-order valence-electron chi connectivity index (χ3n) is 2.53. The molecule has 0 aliphatic carbocycles. The van der Waals surface area contributed by atoms with Gasteiger partial charge in [0.1, 0.15) is 11.5 Å². The van der Waals surface area contributed by atoms with Crippen molar-refractivity contribution in [3.8, 4) is 5.75 Å². The van der Waals surface area contributed by atoms with E-state index in [-0.39, 0.29) is 11.9 Å². The van der Waals surface area contributed by atoms with Crippen LogP contribution in [0.2, 0.25) is 0 Å². The van der Waals surface area contributed by atoms with E-state index in [2.05, 4.69) is 0 Å². The van der Waals surface area contributed by atoms with Crippen molar-refractivity contribution in [3.63, 3.8) is 0 Å². The number of hydrogen-bond acceptors (Lipinski definition) is 3. The molecule has 0 N–H and O–H groups in total. The fourth-order valence-electron chi connectivity index (χ4n) is 1.57. The summed E-state index contributed by atoms with van der Waals surface area (Å²) >= 11 is 0. The molecule has 0 saturated heterocycles. The first-order valence-electron chi connectivity index (χ1n) is 5.33. The van der Waals surface area contributed by atoms with E-state index in [1.54, 1.807) is 21.1 Å². The predicted octanol–water partition coefficient (Wildman–Crippen LogP) is 2.75. The number of ketones is 1. The Morgan fingerprint density at radius 2 is 1.88 bits per heavy atom. The van der Waals surface area contributed by atoms with Crippen LogP contribution in [0.25, 0.3) is 0 Å². The van der Waals surface area contributed by atoms with Crippen LogP contribution in [-0.2, 0) is 9.53 Å². The molecule has 0 aromatic heterocycles. The second-order valence-corrected chi connectivity index (χ2v) is 3.74. The first-order chi connectivity index (χ1) is 7.67. The minimum Gasteiger partial charge on any atom is -0.497 e. The number of ether oxygens (including phenoxy) is 2. The second-order valence-electron chi connectivity index (χ2n) is 3.74. The van der Waals surface area contributed by atoms with E-state index in [0.717, 1.165) is 17.7 Å².